The van der Waals surface area contributed by atoms with Gasteiger partial charge in [0.2, 0.25) is 0 Å². The summed E-state index contributed by atoms with van der Waals surface area (Å²) < 4.78 is 22.8. The van der Waals surface area contributed by atoms with Crippen LogP contribution < -0.4 is 10.2 Å². The predicted octanol–water partition coefficient (Wildman–Crippen LogP) is 2.87. The average molecular weight is 373 g/mol. The van der Waals surface area contributed by atoms with Crippen LogP contribution in [0.25, 0.3) is 0 Å². The van der Waals surface area contributed by atoms with Gasteiger partial charge < -0.3 is 10.2 Å². The highest BCUT2D eigenvalue weighted by atomic mass is 32.2. The Labute approximate surface area is 154 Å². The number of nitrogens with one attached hydrogen (secondary N) is 1. The molecule has 0 spiro atoms. The third-order valence-corrected chi connectivity index (χ3v) is 5.16. The Morgan fingerprint density at radius 3 is 2.58 bits per heavy atom. The number of piperidine rings is 1. The molecule has 0 radical (unpaired) electrons. The van der Waals surface area contributed by atoms with Gasteiger partial charge in [0.25, 0.3) is 5.91 Å². The van der Waals surface area contributed by atoms with Crippen LogP contribution in [0.2, 0.25) is 0 Å². The maximum absolute atomic E-state index is 12.4. The Balaban J connectivity index is 1.67. The number of pyridine rings is 1. The lowest BCUT2D eigenvalue weighted by Gasteiger charge is -2.27. The van der Waals surface area contributed by atoms with Gasteiger partial charge in [-0.05, 0) is 49.1 Å². The molecule has 1 N–H and O–H groups in total. The van der Waals surface area contributed by atoms with Crippen LogP contribution in [0.15, 0.2) is 42.6 Å². The minimum absolute atomic E-state index is 0.0831. The van der Waals surface area contributed by atoms with Gasteiger partial charge in [-0.2, -0.15) is 0 Å². The lowest BCUT2D eigenvalue weighted by molar-refractivity contribution is 0.102. The van der Waals surface area contributed by atoms with Gasteiger partial charge in [0.1, 0.15) is 5.82 Å². The van der Waals surface area contributed by atoms with E-state index in [9.17, 15) is 13.2 Å². The zero-order valence-electron chi connectivity index (χ0n) is 14.8. The highest BCUT2D eigenvalue weighted by Gasteiger charge is 2.13. The Morgan fingerprint density at radius 2 is 1.92 bits per heavy atom. The maximum Gasteiger partial charge on any atom is 0.255 e. The highest BCUT2D eigenvalue weighted by Crippen LogP contribution is 2.19. The summed E-state index contributed by atoms with van der Waals surface area (Å²) in [6, 6.07) is 10.4. The van der Waals surface area contributed by atoms with Crippen molar-refractivity contribution in [1.82, 2.24) is 4.98 Å². The van der Waals surface area contributed by atoms with Crippen LogP contribution in [0.1, 0.15) is 35.2 Å². The first kappa shape index (κ1) is 18.4. The summed E-state index contributed by atoms with van der Waals surface area (Å²) in [5, 5.41) is 2.81. The van der Waals surface area contributed by atoms with E-state index in [4.69, 9.17) is 0 Å². The fourth-order valence-corrected chi connectivity index (χ4v) is 3.86. The molecule has 6 nitrogen and oxygen atoms in total. The van der Waals surface area contributed by atoms with E-state index < -0.39 is 9.84 Å². The molecule has 26 heavy (non-hydrogen) atoms. The first-order valence-electron chi connectivity index (χ1n) is 8.70. The third kappa shape index (κ3) is 5.05. The topological polar surface area (TPSA) is 79.4 Å². The molecule has 2 heterocycles. The smallest absolute Gasteiger partial charge is 0.255 e. The summed E-state index contributed by atoms with van der Waals surface area (Å²) in [6.45, 7) is 2.04. The molecule has 1 fully saturated rings. The second-order valence-electron chi connectivity index (χ2n) is 6.68. The summed E-state index contributed by atoms with van der Waals surface area (Å²) in [5.74, 6) is 0.561. The number of amides is 1. The van der Waals surface area contributed by atoms with E-state index in [2.05, 4.69) is 15.2 Å². The zero-order chi connectivity index (χ0) is 18.6. The summed E-state index contributed by atoms with van der Waals surface area (Å²) in [6.07, 6.45) is 6.47. The minimum Gasteiger partial charge on any atom is -0.357 e. The van der Waals surface area contributed by atoms with Crippen molar-refractivity contribution in [2.45, 2.75) is 25.0 Å². The van der Waals surface area contributed by atoms with Gasteiger partial charge in [-0.3, -0.25) is 4.79 Å². The number of sulfone groups is 1. The van der Waals surface area contributed by atoms with E-state index in [1.54, 1.807) is 30.5 Å². The summed E-state index contributed by atoms with van der Waals surface area (Å²) >= 11 is 0. The Kier molecular flexibility index (Phi) is 5.56. The van der Waals surface area contributed by atoms with Crippen LogP contribution in [0, 0.1) is 0 Å². The van der Waals surface area contributed by atoms with E-state index in [0.29, 0.717) is 16.8 Å². The van der Waals surface area contributed by atoms with Gasteiger partial charge >= 0.3 is 0 Å². The lowest BCUT2D eigenvalue weighted by atomic mass is 10.1. The molecule has 0 aliphatic carbocycles. The largest absolute Gasteiger partial charge is 0.357 e. The molecule has 138 valence electrons. The Hall–Kier alpha value is -2.41. The monoisotopic (exact) mass is 373 g/mol. The maximum atomic E-state index is 12.4. The van der Waals surface area contributed by atoms with Crippen LogP contribution in [-0.2, 0) is 15.6 Å². The SMILES string of the molecule is CS(=O)(=O)Cc1cccc(C(=O)Nc2ccc(N3CCCCC3)nc2)c1. The summed E-state index contributed by atoms with van der Waals surface area (Å²) in [4.78, 5) is 19.1. The average Bonchev–Trinajstić information content (AvgIpc) is 2.62. The Bertz CT molecular complexity index is 873. The second kappa shape index (κ2) is 7.86. The zero-order valence-corrected chi connectivity index (χ0v) is 15.6. The van der Waals surface area contributed by atoms with Crippen molar-refractivity contribution in [3.05, 3.63) is 53.7 Å². The molecule has 0 bridgehead atoms. The van der Waals surface area contributed by atoms with Crippen molar-refractivity contribution in [2.75, 3.05) is 29.6 Å². The number of carbonyl (C=O) groups is 1. The predicted molar refractivity (Wildman–Crippen MR) is 103 cm³/mol. The van der Waals surface area contributed by atoms with Crippen molar-refractivity contribution in [1.29, 1.82) is 0 Å². The number of hydrogen-bond acceptors (Lipinski definition) is 5. The fraction of sp³-hybridized carbons (Fsp3) is 0.368. The molecule has 1 aliphatic rings. The molecule has 0 saturated carbocycles. The molecule has 3 rings (SSSR count). The number of hydrogen-bond donors (Lipinski definition) is 1. The van der Waals surface area contributed by atoms with E-state index in [1.807, 2.05) is 12.1 Å². The van der Waals surface area contributed by atoms with E-state index in [0.717, 1.165) is 18.9 Å². The van der Waals surface area contributed by atoms with Gasteiger partial charge in [-0.15, -0.1) is 0 Å². The molecular weight excluding hydrogens is 350 g/mol. The molecule has 1 amide bonds. The van der Waals surface area contributed by atoms with Gasteiger partial charge in [0.05, 0.1) is 17.6 Å². The number of benzene rings is 1. The van der Waals surface area contributed by atoms with E-state index >= 15 is 0 Å². The molecule has 1 aliphatic heterocycles. The quantitative estimate of drug-likeness (QED) is 0.872. The van der Waals surface area contributed by atoms with Crippen LogP contribution in [0.3, 0.4) is 0 Å². The van der Waals surface area contributed by atoms with Crippen LogP contribution >= 0.6 is 0 Å². The second-order valence-corrected chi connectivity index (χ2v) is 8.82. The number of rotatable bonds is 5. The molecule has 0 atom stereocenters. The van der Waals surface area contributed by atoms with Crippen LogP contribution in [-0.4, -0.2) is 38.7 Å². The van der Waals surface area contributed by atoms with Crippen molar-refractivity contribution >= 4 is 27.2 Å². The summed E-state index contributed by atoms with van der Waals surface area (Å²) in [5.41, 5.74) is 1.63. The molecule has 7 heteroatoms. The summed E-state index contributed by atoms with van der Waals surface area (Å²) in [7, 11) is -3.14. The van der Waals surface area contributed by atoms with E-state index in [1.165, 1.54) is 25.5 Å². The van der Waals surface area contributed by atoms with E-state index in [-0.39, 0.29) is 11.7 Å². The number of nitrogens with zero attached hydrogens (tertiary/aromatic N) is 2. The first-order valence-corrected chi connectivity index (χ1v) is 10.8. The van der Waals surface area contributed by atoms with Gasteiger partial charge in [-0.25, -0.2) is 13.4 Å². The number of carbonyl (C=O) groups excluding carboxylic acids is 1. The molecule has 2 aromatic rings. The van der Waals surface area contributed by atoms with Gasteiger partial charge in [0, 0.05) is 24.9 Å². The normalized spacial score (nSPS) is 14.9. The fourth-order valence-electron chi connectivity index (χ4n) is 3.08. The molecule has 1 saturated heterocycles. The third-order valence-electron chi connectivity index (χ3n) is 4.30. The molecule has 1 aromatic heterocycles. The molecule has 0 unspecified atom stereocenters. The molecule has 1 aromatic carbocycles. The number of aromatic nitrogens is 1. The van der Waals surface area contributed by atoms with Crippen molar-refractivity contribution in [2.24, 2.45) is 0 Å². The highest BCUT2D eigenvalue weighted by molar-refractivity contribution is 7.89. The van der Waals surface area contributed by atoms with Crippen molar-refractivity contribution < 1.29 is 13.2 Å². The first-order chi connectivity index (χ1) is 12.4. The standard InChI is InChI=1S/C19H23N3O3S/c1-26(24,25)14-15-6-5-7-16(12-15)19(23)21-17-8-9-18(20-13-17)22-10-3-2-4-11-22/h5-9,12-13H,2-4,10-11,14H2,1H3,(H,21,23). The van der Waals surface area contributed by atoms with Crippen LogP contribution in [0.4, 0.5) is 11.5 Å². The van der Waals surface area contributed by atoms with Crippen molar-refractivity contribution in [3.63, 3.8) is 0 Å². The van der Waals surface area contributed by atoms with Crippen LogP contribution in [0.5, 0.6) is 0 Å². The lowest BCUT2D eigenvalue weighted by Crippen LogP contribution is -2.30. The molecular formula is C19H23N3O3S. The van der Waals surface area contributed by atoms with Gasteiger partial charge in [0.15, 0.2) is 9.84 Å². The Morgan fingerprint density at radius 1 is 1.15 bits per heavy atom. The minimum atomic E-state index is -3.14. The number of anilines is 2. The van der Waals surface area contributed by atoms with Crippen molar-refractivity contribution in [3.8, 4) is 0 Å². The van der Waals surface area contributed by atoms with Gasteiger partial charge in [-0.1, -0.05) is 12.1 Å².